The molecule has 0 spiro atoms. The van der Waals surface area contributed by atoms with E-state index < -0.39 is 6.03 Å². The van der Waals surface area contributed by atoms with Crippen LogP contribution in [-0.4, -0.2) is 11.0 Å². The SMILES string of the molecule is NNC(=O)N(N)c1ccc(N=Nc2ccccc2)cn1. The summed E-state index contributed by atoms with van der Waals surface area (Å²) in [5.74, 6) is 10.7. The summed E-state index contributed by atoms with van der Waals surface area (Å²) in [4.78, 5) is 15.2. The van der Waals surface area contributed by atoms with Gasteiger partial charge in [-0.2, -0.15) is 5.11 Å². The fraction of sp³-hybridized carbons (Fsp3) is 0. The average molecular weight is 271 g/mol. The Bertz CT molecular complexity index is 597. The lowest BCUT2D eigenvalue weighted by Gasteiger charge is -2.13. The molecule has 0 saturated heterocycles. The lowest BCUT2D eigenvalue weighted by molar-refractivity contribution is 0.246. The maximum atomic E-state index is 11.2. The van der Waals surface area contributed by atoms with E-state index in [1.807, 2.05) is 35.8 Å². The lowest BCUT2D eigenvalue weighted by atomic mass is 10.3. The highest BCUT2D eigenvalue weighted by Gasteiger charge is 2.10. The van der Waals surface area contributed by atoms with Gasteiger partial charge in [-0.15, -0.1) is 5.11 Å². The van der Waals surface area contributed by atoms with E-state index >= 15 is 0 Å². The smallest absolute Gasteiger partial charge is 0.274 e. The number of carbonyl (C=O) groups is 1. The molecule has 2 aromatic rings. The molecule has 0 radical (unpaired) electrons. The van der Waals surface area contributed by atoms with Gasteiger partial charge in [0.2, 0.25) is 0 Å². The minimum atomic E-state index is -0.670. The van der Waals surface area contributed by atoms with Crippen molar-refractivity contribution in [1.82, 2.24) is 10.4 Å². The molecule has 0 fully saturated rings. The molecule has 0 aliphatic carbocycles. The first kappa shape index (κ1) is 13.6. The Morgan fingerprint density at radius 1 is 1.10 bits per heavy atom. The van der Waals surface area contributed by atoms with E-state index in [4.69, 9.17) is 11.7 Å². The Kier molecular flexibility index (Phi) is 4.32. The quantitative estimate of drug-likeness (QED) is 0.340. The van der Waals surface area contributed by atoms with E-state index in [-0.39, 0.29) is 5.82 Å². The number of hydrazine groups is 2. The van der Waals surface area contributed by atoms with Gasteiger partial charge >= 0.3 is 6.03 Å². The topological polar surface area (TPSA) is 122 Å². The highest BCUT2D eigenvalue weighted by molar-refractivity contribution is 5.89. The number of nitrogens with zero attached hydrogens (tertiary/aromatic N) is 4. The molecule has 0 bridgehead atoms. The number of pyridine rings is 1. The van der Waals surface area contributed by atoms with Crippen molar-refractivity contribution in [2.24, 2.45) is 21.9 Å². The lowest BCUT2D eigenvalue weighted by Crippen LogP contribution is -2.47. The number of hydrogen-bond acceptors (Lipinski definition) is 6. The van der Waals surface area contributed by atoms with Crippen molar-refractivity contribution >= 4 is 23.2 Å². The third-order valence-electron chi connectivity index (χ3n) is 2.36. The molecular formula is C12H13N7O. The van der Waals surface area contributed by atoms with Crippen LogP contribution in [0.3, 0.4) is 0 Å². The summed E-state index contributed by atoms with van der Waals surface area (Å²) in [6.45, 7) is 0. The van der Waals surface area contributed by atoms with Crippen LogP contribution in [0.4, 0.5) is 22.0 Å². The number of carbonyl (C=O) groups excluding carboxylic acids is 1. The summed E-state index contributed by atoms with van der Waals surface area (Å²) < 4.78 is 0. The molecule has 5 N–H and O–H groups in total. The number of aromatic nitrogens is 1. The van der Waals surface area contributed by atoms with Crippen LogP contribution in [0.15, 0.2) is 58.9 Å². The van der Waals surface area contributed by atoms with E-state index in [2.05, 4.69) is 15.2 Å². The molecule has 8 nitrogen and oxygen atoms in total. The third-order valence-corrected chi connectivity index (χ3v) is 2.36. The van der Waals surface area contributed by atoms with Gasteiger partial charge in [-0.05, 0) is 24.3 Å². The third kappa shape index (κ3) is 3.34. The molecule has 2 rings (SSSR count). The minimum absolute atomic E-state index is 0.242. The zero-order valence-corrected chi connectivity index (χ0v) is 10.5. The largest absolute Gasteiger partial charge is 0.351 e. The van der Waals surface area contributed by atoms with Gasteiger partial charge in [-0.3, -0.25) is 5.43 Å². The maximum Gasteiger partial charge on any atom is 0.351 e. The first-order valence-corrected chi connectivity index (χ1v) is 5.69. The molecule has 20 heavy (non-hydrogen) atoms. The molecule has 0 unspecified atom stereocenters. The highest BCUT2D eigenvalue weighted by atomic mass is 16.2. The molecule has 8 heteroatoms. The Hall–Kier alpha value is -2.84. The second-order valence-electron chi connectivity index (χ2n) is 3.73. The van der Waals surface area contributed by atoms with Crippen LogP contribution >= 0.6 is 0 Å². The van der Waals surface area contributed by atoms with Crippen LogP contribution in [0.1, 0.15) is 0 Å². The van der Waals surface area contributed by atoms with Crippen molar-refractivity contribution in [1.29, 1.82) is 0 Å². The number of nitrogens with two attached hydrogens (primary N) is 2. The summed E-state index contributed by atoms with van der Waals surface area (Å²) >= 11 is 0. The van der Waals surface area contributed by atoms with Crippen molar-refractivity contribution in [3.05, 3.63) is 48.7 Å². The zero-order chi connectivity index (χ0) is 14.4. The number of benzene rings is 1. The summed E-state index contributed by atoms with van der Waals surface area (Å²) in [5.41, 5.74) is 3.18. The van der Waals surface area contributed by atoms with Gasteiger partial charge in [0.15, 0.2) is 5.82 Å². The zero-order valence-electron chi connectivity index (χ0n) is 10.5. The van der Waals surface area contributed by atoms with Gasteiger partial charge in [0.05, 0.1) is 11.9 Å². The summed E-state index contributed by atoms with van der Waals surface area (Å²) in [5, 5.41) is 8.85. The van der Waals surface area contributed by atoms with E-state index in [9.17, 15) is 4.79 Å². The number of hydrogen-bond donors (Lipinski definition) is 3. The normalized spacial score (nSPS) is 10.5. The Morgan fingerprint density at radius 2 is 1.80 bits per heavy atom. The Balaban J connectivity index is 2.09. The first-order chi connectivity index (χ1) is 9.70. The number of nitrogens with one attached hydrogen (secondary N) is 1. The molecule has 1 heterocycles. The average Bonchev–Trinajstić information content (AvgIpc) is 2.53. The van der Waals surface area contributed by atoms with Gasteiger partial charge < -0.3 is 0 Å². The van der Waals surface area contributed by atoms with Crippen LogP contribution in [-0.2, 0) is 0 Å². The van der Waals surface area contributed by atoms with E-state index in [0.29, 0.717) is 5.69 Å². The van der Waals surface area contributed by atoms with Crippen molar-refractivity contribution in [3.63, 3.8) is 0 Å². The first-order valence-electron chi connectivity index (χ1n) is 5.69. The Labute approximate surface area is 115 Å². The summed E-state index contributed by atoms with van der Waals surface area (Å²) in [7, 11) is 0. The Morgan fingerprint density at radius 3 is 2.40 bits per heavy atom. The van der Waals surface area contributed by atoms with Gasteiger partial charge in [0.25, 0.3) is 0 Å². The van der Waals surface area contributed by atoms with Crippen molar-refractivity contribution in [3.8, 4) is 0 Å². The number of anilines is 1. The van der Waals surface area contributed by atoms with Crippen molar-refractivity contribution < 1.29 is 4.79 Å². The summed E-state index contributed by atoms with van der Waals surface area (Å²) in [6.07, 6.45) is 1.45. The standard InChI is InChI=1S/C12H13N7O/c13-16-12(20)19(14)11-7-6-10(8-15-11)18-17-9-4-2-1-3-5-9/h1-8H,13-14H2,(H,16,20). The minimum Gasteiger partial charge on any atom is -0.274 e. The van der Waals surface area contributed by atoms with Gasteiger partial charge in [-0.1, -0.05) is 18.2 Å². The van der Waals surface area contributed by atoms with Gasteiger partial charge in [-0.25, -0.2) is 26.5 Å². The molecule has 102 valence electrons. The molecule has 1 aromatic carbocycles. The number of amides is 2. The van der Waals surface area contributed by atoms with Crippen LogP contribution in [0, 0.1) is 0 Å². The van der Waals surface area contributed by atoms with E-state index in [0.717, 1.165) is 10.7 Å². The second-order valence-corrected chi connectivity index (χ2v) is 3.73. The molecule has 0 aliphatic rings. The number of urea groups is 1. The van der Waals surface area contributed by atoms with Crippen LogP contribution in [0.5, 0.6) is 0 Å². The molecule has 1 aromatic heterocycles. The fourth-order valence-corrected chi connectivity index (χ4v) is 1.36. The van der Waals surface area contributed by atoms with Crippen LogP contribution in [0.25, 0.3) is 0 Å². The molecule has 2 amide bonds. The predicted molar refractivity (Wildman–Crippen MR) is 74.2 cm³/mol. The predicted octanol–water partition coefficient (Wildman–Crippen LogP) is 1.76. The monoisotopic (exact) mass is 271 g/mol. The number of rotatable bonds is 3. The second kappa shape index (κ2) is 6.36. The van der Waals surface area contributed by atoms with E-state index in [1.165, 1.54) is 12.3 Å². The van der Waals surface area contributed by atoms with Crippen LogP contribution in [0.2, 0.25) is 0 Å². The van der Waals surface area contributed by atoms with Crippen molar-refractivity contribution in [2.45, 2.75) is 0 Å². The molecule has 0 saturated carbocycles. The van der Waals surface area contributed by atoms with Crippen LogP contribution < -0.4 is 22.1 Å². The summed E-state index contributed by atoms with van der Waals surface area (Å²) in [6, 6.07) is 11.8. The fourth-order valence-electron chi connectivity index (χ4n) is 1.36. The maximum absolute atomic E-state index is 11.2. The molecule has 0 atom stereocenters. The molecule has 0 aliphatic heterocycles. The number of azo groups is 1. The van der Waals surface area contributed by atoms with Crippen molar-refractivity contribution in [2.75, 3.05) is 5.01 Å². The van der Waals surface area contributed by atoms with Gasteiger partial charge in [0, 0.05) is 0 Å². The van der Waals surface area contributed by atoms with Gasteiger partial charge in [0.1, 0.15) is 5.69 Å². The molecular weight excluding hydrogens is 258 g/mol. The highest BCUT2D eigenvalue weighted by Crippen LogP contribution is 2.18. The van der Waals surface area contributed by atoms with E-state index in [1.54, 1.807) is 6.07 Å².